The van der Waals surface area contributed by atoms with E-state index in [0.717, 1.165) is 11.1 Å². The summed E-state index contributed by atoms with van der Waals surface area (Å²) in [7, 11) is 1.58. The number of carbonyl (C=O) groups excluding carboxylic acids is 2. The van der Waals surface area contributed by atoms with E-state index < -0.39 is 5.92 Å². The molecule has 32 heavy (non-hydrogen) atoms. The number of methoxy groups -OCH3 is 1. The maximum absolute atomic E-state index is 13.0. The van der Waals surface area contributed by atoms with E-state index >= 15 is 0 Å². The number of allylic oxidation sites excluding steroid dienone is 3. The molecule has 1 amide bonds. The number of hydrogen-bond acceptors (Lipinski definition) is 6. The Morgan fingerprint density at radius 1 is 1.16 bits per heavy atom. The number of hydrazine groups is 1. The van der Waals surface area contributed by atoms with Crippen molar-refractivity contribution in [3.63, 3.8) is 0 Å². The number of amides is 1. The summed E-state index contributed by atoms with van der Waals surface area (Å²) in [4.78, 5) is 26.0. The van der Waals surface area contributed by atoms with Crippen LogP contribution in [0, 0.1) is 18.3 Å². The lowest BCUT2D eigenvalue weighted by atomic mass is 9.76. The molecule has 3 N–H and O–H groups in total. The SMILES string of the molecule is COc1ccc(C2C(C#N)=C(N)N(NC(=O)c3ccc(C)cc3)C3=C2C(=O)CCC3)cc1. The van der Waals surface area contributed by atoms with Crippen molar-refractivity contribution in [3.05, 3.63) is 87.9 Å². The van der Waals surface area contributed by atoms with Crippen molar-refractivity contribution < 1.29 is 14.3 Å². The van der Waals surface area contributed by atoms with E-state index in [2.05, 4.69) is 11.5 Å². The Morgan fingerprint density at radius 2 is 1.84 bits per heavy atom. The van der Waals surface area contributed by atoms with Gasteiger partial charge in [0.25, 0.3) is 5.91 Å². The second-order valence-corrected chi connectivity index (χ2v) is 7.90. The van der Waals surface area contributed by atoms with Gasteiger partial charge in [0.2, 0.25) is 0 Å². The zero-order valence-electron chi connectivity index (χ0n) is 18.0. The minimum absolute atomic E-state index is 0.0399. The molecule has 0 spiro atoms. The van der Waals surface area contributed by atoms with Crippen molar-refractivity contribution in [1.29, 1.82) is 5.26 Å². The summed E-state index contributed by atoms with van der Waals surface area (Å²) in [5.41, 5.74) is 12.9. The van der Waals surface area contributed by atoms with E-state index in [1.807, 2.05) is 31.2 Å². The smallest absolute Gasteiger partial charge is 0.270 e. The van der Waals surface area contributed by atoms with Gasteiger partial charge >= 0.3 is 0 Å². The predicted molar refractivity (Wildman–Crippen MR) is 119 cm³/mol. The third-order valence-electron chi connectivity index (χ3n) is 5.89. The minimum Gasteiger partial charge on any atom is -0.497 e. The van der Waals surface area contributed by atoms with Crippen LogP contribution < -0.4 is 15.9 Å². The van der Waals surface area contributed by atoms with Gasteiger partial charge in [0.1, 0.15) is 11.6 Å². The normalized spacial score (nSPS) is 18.2. The fraction of sp³-hybridized carbons (Fsp3) is 0.240. The van der Waals surface area contributed by atoms with Gasteiger partial charge in [-0.3, -0.25) is 15.0 Å². The van der Waals surface area contributed by atoms with Gasteiger partial charge in [-0.15, -0.1) is 0 Å². The summed E-state index contributed by atoms with van der Waals surface area (Å²) in [6.07, 6.45) is 1.62. The van der Waals surface area contributed by atoms with Crippen molar-refractivity contribution in [2.45, 2.75) is 32.1 Å². The van der Waals surface area contributed by atoms with E-state index in [1.54, 1.807) is 31.4 Å². The van der Waals surface area contributed by atoms with Crippen LogP contribution in [0.1, 0.15) is 46.7 Å². The summed E-state index contributed by atoms with van der Waals surface area (Å²) in [6, 6.07) is 16.6. The largest absolute Gasteiger partial charge is 0.497 e. The van der Waals surface area contributed by atoms with Crippen LogP contribution in [0.15, 0.2) is 71.2 Å². The number of rotatable bonds is 4. The lowest BCUT2D eigenvalue weighted by Crippen LogP contribution is -2.48. The third kappa shape index (κ3) is 3.71. The Hall–Kier alpha value is -4.05. The minimum atomic E-state index is -0.582. The molecule has 2 aromatic rings. The molecule has 7 nitrogen and oxygen atoms in total. The molecular weight excluding hydrogens is 404 g/mol. The molecule has 162 valence electrons. The molecule has 0 saturated carbocycles. The van der Waals surface area contributed by atoms with Gasteiger partial charge < -0.3 is 10.5 Å². The van der Waals surface area contributed by atoms with Crippen LogP contribution in [0.25, 0.3) is 0 Å². The number of nitriles is 1. The van der Waals surface area contributed by atoms with E-state index in [0.29, 0.717) is 41.8 Å². The summed E-state index contributed by atoms with van der Waals surface area (Å²) in [5.74, 6) is -0.181. The predicted octanol–water partition coefficient (Wildman–Crippen LogP) is 3.45. The lowest BCUT2D eigenvalue weighted by molar-refractivity contribution is -0.116. The average Bonchev–Trinajstić information content (AvgIpc) is 2.81. The number of ketones is 1. The molecular formula is C25H24N4O3. The second kappa shape index (κ2) is 8.60. The number of nitrogens with zero attached hydrogens (tertiary/aromatic N) is 2. The number of benzene rings is 2. The van der Waals surface area contributed by atoms with Gasteiger partial charge in [-0.05, 0) is 49.6 Å². The maximum Gasteiger partial charge on any atom is 0.270 e. The number of hydrogen-bond donors (Lipinski definition) is 2. The number of aryl methyl sites for hydroxylation is 1. The number of nitrogens with one attached hydrogen (secondary N) is 1. The molecule has 4 rings (SSSR count). The van der Waals surface area contributed by atoms with Crippen LogP contribution in [-0.4, -0.2) is 23.8 Å². The van der Waals surface area contributed by atoms with E-state index in [-0.39, 0.29) is 23.1 Å². The Bertz CT molecular complexity index is 1170. The van der Waals surface area contributed by atoms with Gasteiger partial charge in [0.05, 0.1) is 24.7 Å². The Morgan fingerprint density at radius 3 is 2.47 bits per heavy atom. The molecule has 0 fully saturated rings. The number of carbonyl (C=O) groups is 2. The molecule has 1 aliphatic heterocycles. The number of nitrogens with two attached hydrogens (primary N) is 1. The van der Waals surface area contributed by atoms with Gasteiger partial charge in [0.15, 0.2) is 5.78 Å². The average molecular weight is 428 g/mol. The summed E-state index contributed by atoms with van der Waals surface area (Å²) >= 11 is 0. The first-order valence-electron chi connectivity index (χ1n) is 10.4. The van der Waals surface area contributed by atoms with Crippen molar-refractivity contribution in [2.24, 2.45) is 5.73 Å². The Labute approximate surface area is 186 Å². The lowest BCUT2D eigenvalue weighted by Gasteiger charge is -2.39. The molecule has 1 aliphatic carbocycles. The molecule has 0 radical (unpaired) electrons. The third-order valence-corrected chi connectivity index (χ3v) is 5.89. The van der Waals surface area contributed by atoms with Crippen LogP contribution in [-0.2, 0) is 4.79 Å². The van der Waals surface area contributed by atoms with Crippen LogP contribution >= 0.6 is 0 Å². The van der Waals surface area contributed by atoms with Crippen molar-refractivity contribution in [1.82, 2.24) is 10.4 Å². The Kier molecular flexibility index (Phi) is 5.69. The molecule has 7 heteroatoms. The summed E-state index contributed by atoms with van der Waals surface area (Å²) < 4.78 is 5.23. The highest BCUT2D eigenvalue weighted by Gasteiger charge is 2.40. The summed E-state index contributed by atoms with van der Waals surface area (Å²) in [5, 5.41) is 11.4. The van der Waals surface area contributed by atoms with Crippen molar-refractivity contribution in [2.75, 3.05) is 7.11 Å². The highest BCUT2D eigenvalue weighted by Crippen LogP contribution is 2.44. The van der Waals surface area contributed by atoms with Gasteiger partial charge in [-0.1, -0.05) is 29.8 Å². The van der Waals surface area contributed by atoms with Gasteiger partial charge in [-0.25, -0.2) is 5.01 Å². The molecule has 2 aliphatic rings. The second-order valence-electron chi connectivity index (χ2n) is 7.90. The highest BCUT2D eigenvalue weighted by molar-refractivity contribution is 6.00. The quantitative estimate of drug-likeness (QED) is 0.772. The van der Waals surface area contributed by atoms with Crippen LogP contribution in [0.5, 0.6) is 5.75 Å². The van der Waals surface area contributed by atoms with Crippen LogP contribution in [0.3, 0.4) is 0 Å². The maximum atomic E-state index is 13.0. The molecule has 0 aromatic heterocycles. The fourth-order valence-electron chi connectivity index (χ4n) is 4.21. The molecule has 1 heterocycles. The van der Waals surface area contributed by atoms with Gasteiger partial charge in [0, 0.05) is 23.3 Å². The summed E-state index contributed by atoms with van der Waals surface area (Å²) in [6.45, 7) is 1.94. The van der Waals surface area contributed by atoms with Crippen LogP contribution in [0.4, 0.5) is 0 Å². The molecule has 0 bridgehead atoms. The van der Waals surface area contributed by atoms with Crippen molar-refractivity contribution in [3.8, 4) is 11.8 Å². The first-order valence-corrected chi connectivity index (χ1v) is 10.4. The van der Waals surface area contributed by atoms with Crippen molar-refractivity contribution >= 4 is 11.7 Å². The zero-order chi connectivity index (χ0) is 22.8. The van der Waals surface area contributed by atoms with E-state index in [9.17, 15) is 14.9 Å². The molecule has 1 unspecified atom stereocenters. The topological polar surface area (TPSA) is 108 Å². The van der Waals surface area contributed by atoms with E-state index in [1.165, 1.54) is 5.01 Å². The van der Waals surface area contributed by atoms with E-state index in [4.69, 9.17) is 10.5 Å². The monoisotopic (exact) mass is 428 g/mol. The first kappa shape index (κ1) is 21.2. The van der Waals surface area contributed by atoms with Crippen LogP contribution in [0.2, 0.25) is 0 Å². The fourth-order valence-corrected chi connectivity index (χ4v) is 4.21. The molecule has 0 saturated heterocycles. The molecule has 1 atom stereocenters. The zero-order valence-corrected chi connectivity index (χ0v) is 18.0. The standard InChI is InChI=1S/C25H24N4O3/c1-15-6-8-17(9-7-15)25(31)28-29-20-4-3-5-21(30)23(20)22(19(14-26)24(29)27)16-10-12-18(32-2)13-11-16/h6-13,22H,3-5,27H2,1-2H3,(H,28,31). The first-order chi connectivity index (χ1) is 15.4. The molecule has 2 aromatic carbocycles. The Balaban J connectivity index is 1.78. The number of ether oxygens (including phenoxy) is 1. The number of Topliss-reactive ketones (excluding diaryl/α,β-unsaturated/α-hetero) is 1. The van der Waals surface area contributed by atoms with Gasteiger partial charge in [-0.2, -0.15) is 5.26 Å². The highest BCUT2D eigenvalue weighted by atomic mass is 16.5.